The first kappa shape index (κ1) is 74.5. The normalized spacial score (nSPS) is 24.2. The second-order valence-electron chi connectivity index (χ2n) is 22.6. The Labute approximate surface area is 491 Å². The summed E-state index contributed by atoms with van der Waals surface area (Å²) in [5.41, 5.74) is 0. The highest BCUT2D eigenvalue weighted by Crippen LogP contribution is 2.27. The zero-order valence-electron chi connectivity index (χ0n) is 50.8. The molecule has 2 aliphatic heterocycles. The standard InChI is InChI=1S/C67H118O14/c1-3-5-7-9-11-13-15-17-19-21-23-25-27-29-31-33-35-37-39-41-43-45-47-49-51-76-53-56(54-77-66-65(75)63(73)61(71)58(81-66)55-78-67-64(74)62(72)60(70)57(52-68)80-67)79-59(69)50-48-46-44-42-40-38-36-34-32-30-28-26-24-22-20-18-16-14-12-10-8-6-4-2/h6,8,12,14,18,20-21,23-24,26,30,32,56-58,60-68,70-75H,3-5,7,9-11,13,15-17,19,22,25,27-29,31,33-55H2,1-2H3/b8-6-,14-12-,20-18-,23-21-,26-24-,32-30-. The maximum Gasteiger partial charge on any atom is 0.306 e. The number of aliphatic hydroxyl groups excluding tert-OH is 7. The molecule has 14 nitrogen and oxygen atoms in total. The molecule has 0 aromatic rings. The van der Waals surface area contributed by atoms with Gasteiger partial charge in [0.1, 0.15) is 54.9 Å². The highest BCUT2D eigenvalue weighted by Gasteiger charge is 2.47. The van der Waals surface area contributed by atoms with Gasteiger partial charge in [-0.05, 0) is 83.5 Å². The van der Waals surface area contributed by atoms with Gasteiger partial charge in [0, 0.05) is 13.0 Å². The second kappa shape index (κ2) is 52.9. The number of carbonyl (C=O) groups is 1. The van der Waals surface area contributed by atoms with E-state index < -0.39 is 80.7 Å². The maximum absolute atomic E-state index is 13.1. The number of unbranched alkanes of at least 4 members (excludes halogenated alkanes) is 27. The number of esters is 1. The summed E-state index contributed by atoms with van der Waals surface area (Å²) in [5, 5.41) is 72.5. The molecule has 0 aromatic heterocycles. The quantitative estimate of drug-likeness (QED) is 0.0172. The van der Waals surface area contributed by atoms with Gasteiger partial charge in [-0.2, -0.15) is 0 Å². The van der Waals surface area contributed by atoms with E-state index in [2.05, 4.69) is 86.8 Å². The summed E-state index contributed by atoms with van der Waals surface area (Å²) in [6, 6.07) is 0. The first-order valence-electron chi connectivity index (χ1n) is 32.5. The van der Waals surface area contributed by atoms with Crippen LogP contribution < -0.4 is 0 Å². The summed E-state index contributed by atoms with van der Waals surface area (Å²) < 4.78 is 34.5. The summed E-state index contributed by atoms with van der Waals surface area (Å²) in [5.74, 6) is -0.386. The Kier molecular flexibility index (Phi) is 48.7. The van der Waals surface area contributed by atoms with Gasteiger partial charge in [-0.3, -0.25) is 4.79 Å². The molecule has 14 heteroatoms. The molecule has 0 radical (unpaired) electrons. The number of carbonyl (C=O) groups excluding carboxylic acids is 1. The number of rotatable bonds is 53. The fraction of sp³-hybridized carbons (Fsp3) is 0.806. The molecule has 7 N–H and O–H groups in total. The largest absolute Gasteiger partial charge is 0.457 e. The van der Waals surface area contributed by atoms with Gasteiger partial charge in [-0.25, -0.2) is 0 Å². The van der Waals surface area contributed by atoms with Crippen LogP contribution in [0.2, 0.25) is 0 Å². The zero-order chi connectivity index (χ0) is 58.6. The third-order valence-electron chi connectivity index (χ3n) is 15.2. The number of allylic oxidation sites excluding steroid dienone is 12. The molecule has 0 spiro atoms. The fourth-order valence-corrected chi connectivity index (χ4v) is 10.0. The van der Waals surface area contributed by atoms with Crippen molar-refractivity contribution in [3.05, 3.63) is 72.9 Å². The number of aliphatic hydroxyl groups is 7. The molecule has 81 heavy (non-hydrogen) atoms. The van der Waals surface area contributed by atoms with Gasteiger partial charge in [-0.15, -0.1) is 0 Å². The molecule has 2 rings (SSSR count). The Hall–Kier alpha value is -2.57. The van der Waals surface area contributed by atoms with E-state index >= 15 is 0 Å². The SMILES string of the molecule is CC/C=C\C/C=C\C/C=C\C/C=C\C/C=C\CCCCCCCCCC(=O)OC(COCCCCCCCCCCCCCC/C=C\CCCCCCCCCC)COC1OC(COC2OC(CO)C(O)C(O)C2O)C(O)C(O)C1O. The fourth-order valence-electron chi connectivity index (χ4n) is 10.0. The molecule has 0 amide bonds. The molecule has 0 bridgehead atoms. The molecular formula is C67H118O14. The Morgan fingerprint density at radius 1 is 0.420 bits per heavy atom. The van der Waals surface area contributed by atoms with Crippen LogP contribution >= 0.6 is 0 Å². The minimum absolute atomic E-state index is 0.0546. The summed E-state index contributed by atoms with van der Waals surface area (Å²) in [7, 11) is 0. The van der Waals surface area contributed by atoms with E-state index in [0.29, 0.717) is 13.0 Å². The van der Waals surface area contributed by atoms with Crippen LogP contribution in [0.5, 0.6) is 0 Å². The Bertz CT molecular complexity index is 1610. The summed E-state index contributed by atoms with van der Waals surface area (Å²) in [6.07, 6.45) is 52.5. The minimum Gasteiger partial charge on any atom is -0.457 e. The molecule has 470 valence electrons. The van der Waals surface area contributed by atoms with Crippen LogP contribution in [0, 0.1) is 0 Å². The van der Waals surface area contributed by atoms with Crippen LogP contribution in [0.4, 0.5) is 0 Å². The molecule has 11 unspecified atom stereocenters. The van der Waals surface area contributed by atoms with Crippen molar-refractivity contribution in [3.8, 4) is 0 Å². The van der Waals surface area contributed by atoms with Crippen molar-refractivity contribution < 1.29 is 69.0 Å². The van der Waals surface area contributed by atoms with Crippen molar-refractivity contribution in [2.75, 3.05) is 33.0 Å². The molecule has 11 atom stereocenters. The first-order chi connectivity index (χ1) is 39.6. The predicted octanol–water partition coefficient (Wildman–Crippen LogP) is 13.0. The highest BCUT2D eigenvalue weighted by atomic mass is 16.7. The van der Waals surface area contributed by atoms with Crippen molar-refractivity contribution in [2.45, 2.75) is 313 Å². The summed E-state index contributed by atoms with van der Waals surface area (Å²) in [4.78, 5) is 13.1. The third-order valence-corrected chi connectivity index (χ3v) is 15.2. The van der Waals surface area contributed by atoms with E-state index in [-0.39, 0.29) is 25.6 Å². The summed E-state index contributed by atoms with van der Waals surface area (Å²) in [6.45, 7) is 3.59. The van der Waals surface area contributed by atoms with E-state index in [1.165, 1.54) is 135 Å². The van der Waals surface area contributed by atoms with Gasteiger partial charge < -0.3 is 64.2 Å². The van der Waals surface area contributed by atoms with Gasteiger partial charge in [0.15, 0.2) is 12.6 Å². The highest BCUT2D eigenvalue weighted by molar-refractivity contribution is 5.69. The van der Waals surface area contributed by atoms with Crippen molar-refractivity contribution >= 4 is 5.97 Å². The molecule has 0 aromatic carbocycles. The van der Waals surface area contributed by atoms with Gasteiger partial charge in [0.25, 0.3) is 0 Å². The first-order valence-corrected chi connectivity index (χ1v) is 32.5. The van der Waals surface area contributed by atoms with E-state index in [1.54, 1.807) is 0 Å². The Morgan fingerprint density at radius 3 is 1.27 bits per heavy atom. The molecule has 2 fully saturated rings. The molecule has 0 aliphatic carbocycles. The lowest BCUT2D eigenvalue weighted by Gasteiger charge is -2.42. The zero-order valence-corrected chi connectivity index (χ0v) is 50.8. The lowest BCUT2D eigenvalue weighted by atomic mass is 9.98. The van der Waals surface area contributed by atoms with Crippen molar-refractivity contribution in [3.63, 3.8) is 0 Å². The maximum atomic E-state index is 13.1. The van der Waals surface area contributed by atoms with E-state index in [4.69, 9.17) is 28.4 Å². The van der Waals surface area contributed by atoms with E-state index in [0.717, 1.165) is 83.5 Å². The second-order valence-corrected chi connectivity index (χ2v) is 22.6. The van der Waals surface area contributed by atoms with Crippen molar-refractivity contribution in [2.24, 2.45) is 0 Å². The molecule has 0 saturated carbocycles. The average molecular weight is 1150 g/mol. The van der Waals surface area contributed by atoms with Crippen LogP contribution in [-0.4, -0.2) is 142 Å². The van der Waals surface area contributed by atoms with Gasteiger partial charge >= 0.3 is 5.97 Å². The molecule has 2 heterocycles. The van der Waals surface area contributed by atoms with Crippen molar-refractivity contribution in [1.82, 2.24) is 0 Å². The molecule has 2 aliphatic rings. The van der Waals surface area contributed by atoms with Gasteiger partial charge in [0.05, 0.1) is 26.4 Å². The van der Waals surface area contributed by atoms with Crippen molar-refractivity contribution in [1.29, 1.82) is 0 Å². The van der Waals surface area contributed by atoms with E-state index in [1.807, 2.05) is 0 Å². The number of hydrogen-bond donors (Lipinski definition) is 7. The monoisotopic (exact) mass is 1150 g/mol. The number of ether oxygens (including phenoxy) is 6. The lowest BCUT2D eigenvalue weighted by Crippen LogP contribution is -2.61. The Morgan fingerprint density at radius 2 is 0.802 bits per heavy atom. The smallest absolute Gasteiger partial charge is 0.306 e. The van der Waals surface area contributed by atoms with Gasteiger partial charge in [-0.1, -0.05) is 228 Å². The third kappa shape index (κ3) is 38.9. The Balaban J connectivity index is 1.68. The lowest BCUT2D eigenvalue weighted by molar-refractivity contribution is -0.332. The molecule has 2 saturated heterocycles. The molecular weight excluding hydrogens is 1030 g/mol. The summed E-state index contributed by atoms with van der Waals surface area (Å²) >= 11 is 0. The van der Waals surface area contributed by atoms with Crippen LogP contribution in [0.1, 0.15) is 245 Å². The average Bonchev–Trinajstić information content (AvgIpc) is 3.46. The predicted molar refractivity (Wildman–Crippen MR) is 325 cm³/mol. The minimum atomic E-state index is -1.71. The van der Waals surface area contributed by atoms with Crippen LogP contribution in [0.15, 0.2) is 72.9 Å². The van der Waals surface area contributed by atoms with Gasteiger partial charge in [0.2, 0.25) is 0 Å². The van der Waals surface area contributed by atoms with Crippen LogP contribution in [0.25, 0.3) is 0 Å². The topological polar surface area (TPSA) is 214 Å². The van der Waals surface area contributed by atoms with Crippen LogP contribution in [0.3, 0.4) is 0 Å². The van der Waals surface area contributed by atoms with Crippen LogP contribution in [-0.2, 0) is 33.2 Å². The van der Waals surface area contributed by atoms with E-state index in [9.17, 15) is 40.5 Å². The number of hydrogen-bond acceptors (Lipinski definition) is 14.